The largest absolute Gasteiger partial charge is 0.466 e. The predicted molar refractivity (Wildman–Crippen MR) is 66.8 cm³/mol. The van der Waals surface area contributed by atoms with Crippen LogP contribution in [-0.4, -0.2) is 13.1 Å². The maximum atomic E-state index is 10.9. The lowest BCUT2D eigenvalue weighted by molar-refractivity contribution is -0.134. The van der Waals surface area contributed by atoms with Crippen LogP contribution in [0.4, 0.5) is 0 Å². The molecule has 1 aromatic carbocycles. The molecule has 0 amide bonds. The fourth-order valence-corrected chi connectivity index (χ4v) is 1.25. The molecule has 0 atom stereocenters. The summed E-state index contributed by atoms with van der Waals surface area (Å²) in [5.41, 5.74) is 2.12. The molecule has 2 nitrogen and oxygen atoms in total. The van der Waals surface area contributed by atoms with Crippen LogP contribution < -0.4 is 0 Å². The van der Waals surface area contributed by atoms with Gasteiger partial charge in [-0.3, -0.25) is 0 Å². The number of methoxy groups -OCH3 is 1. The fraction of sp³-hybridized carbons (Fsp3) is 0.214. The van der Waals surface area contributed by atoms with Crippen LogP contribution in [0.2, 0.25) is 0 Å². The highest BCUT2D eigenvalue weighted by atomic mass is 16.5. The number of rotatable bonds is 4. The molecular formula is C14H16O2. The molecule has 0 aliphatic carbocycles. The zero-order valence-corrected chi connectivity index (χ0v) is 9.64. The van der Waals surface area contributed by atoms with Crippen molar-refractivity contribution in [3.8, 4) is 0 Å². The topological polar surface area (TPSA) is 26.3 Å². The molecular weight excluding hydrogens is 200 g/mol. The van der Waals surface area contributed by atoms with Gasteiger partial charge in [-0.1, -0.05) is 37.3 Å². The van der Waals surface area contributed by atoms with E-state index in [4.69, 9.17) is 0 Å². The first-order chi connectivity index (χ1) is 7.76. The van der Waals surface area contributed by atoms with Crippen molar-refractivity contribution >= 4 is 18.1 Å². The van der Waals surface area contributed by atoms with E-state index in [1.54, 1.807) is 6.08 Å². The van der Waals surface area contributed by atoms with E-state index < -0.39 is 0 Å². The second-order valence-corrected chi connectivity index (χ2v) is 3.34. The number of carbonyl (C=O) groups excluding carboxylic acids is 1. The highest BCUT2D eigenvalue weighted by Gasteiger charge is 1.92. The van der Waals surface area contributed by atoms with E-state index in [0.29, 0.717) is 0 Å². The summed E-state index contributed by atoms with van der Waals surface area (Å²) in [6, 6.07) is 7.96. The summed E-state index contributed by atoms with van der Waals surface area (Å²) < 4.78 is 4.53. The first-order valence-corrected chi connectivity index (χ1v) is 5.29. The normalized spacial score (nSPS) is 11.1. The van der Waals surface area contributed by atoms with Gasteiger partial charge in [-0.15, -0.1) is 0 Å². The van der Waals surface area contributed by atoms with E-state index in [1.165, 1.54) is 13.2 Å². The molecule has 0 fully saturated rings. The monoisotopic (exact) mass is 216 g/mol. The second kappa shape index (κ2) is 6.62. The molecule has 1 rings (SSSR count). The van der Waals surface area contributed by atoms with Gasteiger partial charge in [-0.25, -0.2) is 4.79 Å². The Kier molecular flexibility index (Phi) is 5.06. The Bertz CT molecular complexity index is 403. The molecule has 0 bridgehead atoms. The van der Waals surface area contributed by atoms with Gasteiger partial charge in [-0.05, 0) is 29.7 Å². The molecule has 0 spiro atoms. The summed E-state index contributed by atoms with van der Waals surface area (Å²) in [7, 11) is 1.37. The minimum Gasteiger partial charge on any atom is -0.466 e. The van der Waals surface area contributed by atoms with Crippen molar-refractivity contribution in [2.75, 3.05) is 7.11 Å². The molecule has 0 radical (unpaired) electrons. The predicted octanol–water partition coefficient (Wildman–Crippen LogP) is 3.30. The molecule has 0 aromatic heterocycles. The van der Waals surface area contributed by atoms with Crippen LogP contribution in [0.3, 0.4) is 0 Å². The smallest absolute Gasteiger partial charge is 0.330 e. The van der Waals surface area contributed by atoms with E-state index in [-0.39, 0.29) is 5.97 Å². The van der Waals surface area contributed by atoms with Crippen molar-refractivity contribution in [1.29, 1.82) is 0 Å². The minimum atomic E-state index is -0.338. The van der Waals surface area contributed by atoms with Gasteiger partial charge in [0.1, 0.15) is 0 Å². The zero-order chi connectivity index (χ0) is 11.8. The summed E-state index contributed by atoms with van der Waals surface area (Å²) in [6.45, 7) is 2.09. The Morgan fingerprint density at radius 2 is 2.00 bits per heavy atom. The summed E-state index contributed by atoms with van der Waals surface area (Å²) in [5, 5.41) is 0. The number of esters is 1. The third-order valence-corrected chi connectivity index (χ3v) is 2.07. The van der Waals surface area contributed by atoms with Crippen LogP contribution >= 0.6 is 0 Å². The number of benzene rings is 1. The number of allylic oxidation sites excluding steroid dienone is 1. The third-order valence-electron chi connectivity index (χ3n) is 2.07. The van der Waals surface area contributed by atoms with Crippen LogP contribution in [0, 0.1) is 0 Å². The van der Waals surface area contributed by atoms with E-state index in [1.807, 2.05) is 24.3 Å². The average molecular weight is 216 g/mol. The van der Waals surface area contributed by atoms with Crippen LogP contribution in [0.25, 0.3) is 12.2 Å². The Morgan fingerprint density at radius 3 is 2.62 bits per heavy atom. The Balaban J connectivity index is 2.78. The van der Waals surface area contributed by atoms with Crippen molar-refractivity contribution in [3.05, 3.63) is 47.5 Å². The summed E-state index contributed by atoms with van der Waals surface area (Å²) in [5.74, 6) is -0.338. The van der Waals surface area contributed by atoms with Gasteiger partial charge in [0.05, 0.1) is 7.11 Å². The van der Waals surface area contributed by atoms with E-state index in [2.05, 4.69) is 23.8 Å². The number of hydrogen-bond acceptors (Lipinski definition) is 2. The molecule has 0 aliphatic rings. The summed E-state index contributed by atoms with van der Waals surface area (Å²) in [6.07, 6.45) is 8.35. The highest BCUT2D eigenvalue weighted by molar-refractivity contribution is 5.87. The van der Waals surface area contributed by atoms with Crippen LogP contribution in [-0.2, 0) is 9.53 Å². The maximum Gasteiger partial charge on any atom is 0.330 e. The fourth-order valence-electron chi connectivity index (χ4n) is 1.25. The van der Waals surface area contributed by atoms with E-state index in [9.17, 15) is 4.79 Å². The van der Waals surface area contributed by atoms with Gasteiger partial charge in [0.15, 0.2) is 0 Å². The van der Waals surface area contributed by atoms with Crippen LogP contribution in [0.1, 0.15) is 24.5 Å². The molecule has 0 unspecified atom stereocenters. The molecule has 0 saturated heterocycles. The molecule has 0 N–H and O–H groups in total. The van der Waals surface area contributed by atoms with Gasteiger partial charge >= 0.3 is 5.97 Å². The van der Waals surface area contributed by atoms with Gasteiger partial charge < -0.3 is 4.74 Å². The average Bonchev–Trinajstić information content (AvgIpc) is 2.34. The van der Waals surface area contributed by atoms with Crippen LogP contribution in [0.5, 0.6) is 0 Å². The maximum absolute atomic E-state index is 10.9. The van der Waals surface area contributed by atoms with E-state index >= 15 is 0 Å². The standard InChI is InChI=1S/C14H16O2/c1-3-4-6-12-7-5-8-13(11-12)9-10-14(15)16-2/h4-11H,3H2,1-2H3/b6-4?,10-9+. The van der Waals surface area contributed by atoms with E-state index in [0.717, 1.165) is 17.5 Å². The Labute approximate surface area is 96.2 Å². The number of ether oxygens (including phenoxy) is 1. The molecule has 84 valence electrons. The molecule has 0 aliphatic heterocycles. The van der Waals surface area contributed by atoms with Crippen molar-refractivity contribution in [2.24, 2.45) is 0 Å². The molecule has 1 aromatic rings. The lowest BCUT2D eigenvalue weighted by Crippen LogP contribution is -1.93. The third kappa shape index (κ3) is 4.13. The van der Waals surface area contributed by atoms with Gasteiger partial charge in [0.2, 0.25) is 0 Å². The quantitative estimate of drug-likeness (QED) is 0.570. The first kappa shape index (κ1) is 12.2. The summed E-state index contributed by atoms with van der Waals surface area (Å²) >= 11 is 0. The van der Waals surface area contributed by atoms with Gasteiger partial charge in [-0.2, -0.15) is 0 Å². The highest BCUT2D eigenvalue weighted by Crippen LogP contribution is 2.09. The molecule has 0 heterocycles. The van der Waals surface area contributed by atoms with Crippen LogP contribution in [0.15, 0.2) is 36.4 Å². The minimum absolute atomic E-state index is 0.338. The van der Waals surface area contributed by atoms with Crippen molar-refractivity contribution in [1.82, 2.24) is 0 Å². The first-order valence-electron chi connectivity index (χ1n) is 5.29. The van der Waals surface area contributed by atoms with Crippen molar-refractivity contribution < 1.29 is 9.53 Å². The van der Waals surface area contributed by atoms with Crippen molar-refractivity contribution in [2.45, 2.75) is 13.3 Å². The summed E-state index contributed by atoms with van der Waals surface area (Å²) in [4.78, 5) is 10.9. The molecule has 16 heavy (non-hydrogen) atoms. The molecule has 2 heteroatoms. The number of hydrogen-bond donors (Lipinski definition) is 0. The zero-order valence-electron chi connectivity index (χ0n) is 9.64. The van der Waals surface area contributed by atoms with Crippen molar-refractivity contribution in [3.63, 3.8) is 0 Å². The van der Waals surface area contributed by atoms with Gasteiger partial charge in [0, 0.05) is 6.08 Å². The lowest BCUT2D eigenvalue weighted by Gasteiger charge is -1.96. The van der Waals surface area contributed by atoms with Gasteiger partial charge in [0.25, 0.3) is 0 Å². The Hall–Kier alpha value is -1.83. The number of carbonyl (C=O) groups is 1. The lowest BCUT2D eigenvalue weighted by atomic mass is 10.1. The molecule has 0 saturated carbocycles. The SMILES string of the molecule is CCC=Cc1cccc(/C=C/C(=O)OC)c1. The second-order valence-electron chi connectivity index (χ2n) is 3.34. The Morgan fingerprint density at radius 1 is 1.31 bits per heavy atom.